The summed E-state index contributed by atoms with van der Waals surface area (Å²) in [5, 5.41) is 8.89. The number of esters is 1. The Balaban J connectivity index is 2.76. The summed E-state index contributed by atoms with van der Waals surface area (Å²) in [6.07, 6.45) is 2.97. The largest absolute Gasteiger partial charge is 0.460 e. The molecule has 0 aliphatic heterocycles. The molecular formula is C25H42BN2O5P. The van der Waals surface area contributed by atoms with Crippen molar-refractivity contribution < 1.29 is 23.3 Å². The molecule has 190 valence electrons. The van der Waals surface area contributed by atoms with Gasteiger partial charge in [-0.2, -0.15) is 5.26 Å². The first-order valence-corrected chi connectivity index (χ1v) is 13.6. The molecule has 1 aromatic carbocycles. The molecule has 0 radical (unpaired) electrons. The molecule has 0 saturated heterocycles. The van der Waals surface area contributed by atoms with Crippen LogP contribution in [0.4, 0.5) is 0 Å². The number of hydrogen-bond acceptors (Lipinski definition) is 7. The third kappa shape index (κ3) is 11.8. The van der Waals surface area contributed by atoms with Crippen LogP contribution in [0.3, 0.4) is 0 Å². The zero-order valence-corrected chi connectivity index (χ0v) is 22.6. The smallest absolute Gasteiger partial charge is 0.338 e. The van der Waals surface area contributed by atoms with Gasteiger partial charge in [-0.3, -0.25) is 0 Å². The molecule has 0 aliphatic carbocycles. The van der Waals surface area contributed by atoms with Crippen molar-refractivity contribution in [2.45, 2.75) is 91.3 Å². The minimum Gasteiger partial charge on any atom is -0.460 e. The summed E-state index contributed by atoms with van der Waals surface area (Å²) in [7, 11) is -0.508. The summed E-state index contributed by atoms with van der Waals surface area (Å²) in [6.45, 7) is 13.6. The van der Waals surface area contributed by atoms with Crippen LogP contribution in [0.15, 0.2) is 30.3 Å². The predicted octanol–water partition coefficient (Wildman–Crippen LogP) is 5.52. The quantitative estimate of drug-likeness (QED) is 0.116. The van der Waals surface area contributed by atoms with E-state index in [1.165, 1.54) is 0 Å². The zero-order valence-electron chi connectivity index (χ0n) is 21.7. The highest BCUT2D eigenvalue weighted by atomic mass is 31.2. The van der Waals surface area contributed by atoms with Gasteiger partial charge in [-0.1, -0.05) is 44.8 Å². The molecule has 34 heavy (non-hydrogen) atoms. The van der Waals surface area contributed by atoms with Gasteiger partial charge < -0.3 is 18.5 Å². The van der Waals surface area contributed by atoms with E-state index in [0.717, 1.165) is 26.4 Å². The van der Waals surface area contributed by atoms with Crippen molar-refractivity contribution >= 4 is 21.8 Å². The van der Waals surface area contributed by atoms with Gasteiger partial charge in [0.05, 0.1) is 43.4 Å². The molecule has 0 heterocycles. The van der Waals surface area contributed by atoms with E-state index >= 15 is 0 Å². The number of hydrogen-bond donors (Lipinski definition) is 0. The van der Waals surface area contributed by atoms with Crippen LogP contribution in [-0.4, -0.2) is 61.9 Å². The predicted molar refractivity (Wildman–Crippen MR) is 139 cm³/mol. The molecule has 0 fully saturated rings. The molecule has 0 amide bonds. The first kappa shape index (κ1) is 30.5. The van der Waals surface area contributed by atoms with E-state index in [2.05, 4.69) is 52.3 Å². The minimum absolute atomic E-state index is 0.150. The second-order valence-electron chi connectivity index (χ2n) is 8.74. The van der Waals surface area contributed by atoms with E-state index < -0.39 is 8.53 Å². The first-order chi connectivity index (χ1) is 16.3. The average molecular weight is 492 g/mol. The SMILES string of the molecule is CCCB[C@@H](COC(=O)c1ccccc1)O[C@H](CC)COP(OCCC#N)N(C(C)C)C(C)C. The van der Waals surface area contributed by atoms with Crippen molar-refractivity contribution in [3.05, 3.63) is 35.9 Å². The molecule has 0 spiro atoms. The van der Waals surface area contributed by atoms with Crippen LogP contribution in [0.2, 0.25) is 6.32 Å². The lowest BCUT2D eigenvalue weighted by Gasteiger charge is -2.36. The van der Waals surface area contributed by atoms with Crippen LogP contribution in [0.5, 0.6) is 0 Å². The molecule has 7 nitrogen and oxygen atoms in total. The summed E-state index contributed by atoms with van der Waals surface area (Å²) in [6, 6.07) is 11.4. The Hall–Kier alpha value is -1.49. The summed E-state index contributed by atoms with van der Waals surface area (Å²) in [5.74, 6) is -0.339. The van der Waals surface area contributed by atoms with Crippen molar-refractivity contribution in [3.63, 3.8) is 0 Å². The van der Waals surface area contributed by atoms with Gasteiger partial charge in [0.15, 0.2) is 7.28 Å². The van der Waals surface area contributed by atoms with E-state index in [4.69, 9.17) is 23.8 Å². The molecule has 1 rings (SSSR count). The number of rotatable bonds is 18. The number of nitriles is 1. The maximum atomic E-state index is 12.4. The summed E-state index contributed by atoms with van der Waals surface area (Å²) in [4.78, 5) is 12.4. The fraction of sp³-hybridized carbons (Fsp3) is 0.680. The lowest BCUT2D eigenvalue weighted by Crippen LogP contribution is -2.36. The lowest BCUT2D eigenvalue weighted by molar-refractivity contribution is -0.0324. The molecule has 9 heteroatoms. The van der Waals surface area contributed by atoms with Gasteiger partial charge in [-0.25, -0.2) is 9.46 Å². The minimum atomic E-state index is -1.32. The van der Waals surface area contributed by atoms with Crippen LogP contribution in [0.25, 0.3) is 0 Å². The second-order valence-corrected chi connectivity index (χ2v) is 10.2. The molecule has 3 atom stereocenters. The van der Waals surface area contributed by atoms with E-state index in [0.29, 0.717) is 25.2 Å². The standard InChI is InChI=1S/C25H42BN2O5P/c1-7-15-26-24(19-30-25(29)22-13-10-9-11-14-22)33-23(8-2)18-32-34(31-17-12-16-27)28(20(3)4)21(5)6/h9-11,13-14,20-21,23-24,26H,7-8,12,15,17-19H2,1-6H3/t23-,24-,34?/m1/s1. The fourth-order valence-electron chi connectivity index (χ4n) is 3.43. The third-order valence-electron chi connectivity index (χ3n) is 5.16. The second kappa shape index (κ2) is 17.9. The Bertz CT molecular complexity index is 709. The van der Waals surface area contributed by atoms with Crippen LogP contribution in [-0.2, 0) is 18.5 Å². The average Bonchev–Trinajstić information content (AvgIpc) is 2.82. The normalized spacial score (nSPS) is 14.1. The van der Waals surface area contributed by atoms with E-state index in [1.807, 2.05) is 18.2 Å². The molecule has 1 aromatic rings. The highest BCUT2D eigenvalue weighted by Gasteiger charge is 2.28. The maximum Gasteiger partial charge on any atom is 0.338 e. The Labute approximate surface area is 208 Å². The number of nitrogens with zero attached hydrogens (tertiary/aromatic N) is 2. The first-order valence-electron chi connectivity index (χ1n) is 12.4. The van der Waals surface area contributed by atoms with Crippen molar-refractivity contribution in [3.8, 4) is 6.07 Å². The van der Waals surface area contributed by atoms with Crippen LogP contribution in [0, 0.1) is 11.3 Å². The monoisotopic (exact) mass is 492 g/mol. The Morgan fingerprint density at radius 1 is 1.09 bits per heavy atom. The summed E-state index contributed by atoms with van der Waals surface area (Å²) in [5.41, 5.74) is 0.537. The molecule has 0 saturated carbocycles. The summed E-state index contributed by atoms with van der Waals surface area (Å²) < 4.78 is 26.3. The molecule has 0 bridgehead atoms. The third-order valence-corrected chi connectivity index (χ3v) is 7.24. The van der Waals surface area contributed by atoms with Crippen molar-refractivity contribution in [1.29, 1.82) is 5.26 Å². The van der Waals surface area contributed by atoms with Crippen LogP contribution >= 0.6 is 8.53 Å². The van der Waals surface area contributed by atoms with Crippen molar-refractivity contribution in [2.75, 3.05) is 19.8 Å². The van der Waals surface area contributed by atoms with Crippen LogP contribution < -0.4 is 0 Å². The van der Waals surface area contributed by atoms with Gasteiger partial charge in [-0.05, 0) is 46.2 Å². The molecule has 0 N–H and O–H groups in total. The molecule has 1 unspecified atom stereocenters. The van der Waals surface area contributed by atoms with E-state index in [9.17, 15) is 4.79 Å². The molecular weight excluding hydrogens is 450 g/mol. The maximum absolute atomic E-state index is 12.4. The number of carbonyl (C=O) groups excluding carboxylic acids is 1. The Morgan fingerprint density at radius 3 is 2.32 bits per heavy atom. The van der Waals surface area contributed by atoms with Crippen LogP contribution in [0.1, 0.15) is 71.2 Å². The Morgan fingerprint density at radius 2 is 1.76 bits per heavy atom. The highest BCUT2D eigenvalue weighted by Crippen LogP contribution is 2.46. The van der Waals surface area contributed by atoms with Gasteiger partial charge in [-0.15, -0.1) is 0 Å². The van der Waals surface area contributed by atoms with E-state index in [-0.39, 0.29) is 36.8 Å². The van der Waals surface area contributed by atoms with Gasteiger partial charge in [0, 0.05) is 12.1 Å². The van der Waals surface area contributed by atoms with Crippen molar-refractivity contribution in [2.24, 2.45) is 0 Å². The fourth-order valence-corrected chi connectivity index (χ4v) is 5.07. The number of benzene rings is 1. The van der Waals surface area contributed by atoms with Gasteiger partial charge >= 0.3 is 5.97 Å². The zero-order chi connectivity index (χ0) is 25.3. The number of carbonyl (C=O) groups is 1. The number of ether oxygens (including phenoxy) is 2. The lowest BCUT2D eigenvalue weighted by atomic mass is 9.67. The Kier molecular flexibility index (Phi) is 16.1. The van der Waals surface area contributed by atoms with E-state index in [1.54, 1.807) is 12.1 Å². The topological polar surface area (TPSA) is 81.0 Å². The van der Waals surface area contributed by atoms with Crippen molar-refractivity contribution in [1.82, 2.24) is 4.67 Å². The molecule has 0 aliphatic rings. The van der Waals surface area contributed by atoms with Gasteiger partial charge in [0.1, 0.15) is 6.61 Å². The highest BCUT2D eigenvalue weighted by molar-refractivity contribution is 7.44. The molecule has 0 aromatic heterocycles. The van der Waals surface area contributed by atoms with Gasteiger partial charge in [0.25, 0.3) is 8.53 Å². The van der Waals surface area contributed by atoms with Gasteiger partial charge in [0.2, 0.25) is 0 Å². The summed E-state index contributed by atoms with van der Waals surface area (Å²) >= 11 is 0.